The maximum atomic E-state index is 12.0. The molecule has 0 aromatic rings. The van der Waals surface area contributed by atoms with E-state index in [1.165, 1.54) is 0 Å². The molecule has 1 unspecified atom stereocenters. The highest BCUT2D eigenvalue weighted by Crippen LogP contribution is 2.27. The lowest BCUT2D eigenvalue weighted by atomic mass is 10.3. The number of sulfone groups is 1. The van der Waals surface area contributed by atoms with Gasteiger partial charge in [-0.1, -0.05) is 6.92 Å². The van der Waals surface area contributed by atoms with Crippen LogP contribution in [0.3, 0.4) is 0 Å². The summed E-state index contributed by atoms with van der Waals surface area (Å²) < 4.78 is 22.6. The van der Waals surface area contributed by atoms with Crippen LogP contribution in [0.5, 0.6) is 0 Å². The molecule has 0 radical (unpaired) electrons. The van der Waals surface area contributed by atoms with Crippen LogP contribution in [0.1, 0.15) is 32.6 Å². The normalized spacial score (nSPS) is 26.8. The lowest BCUT2D eigenvalue weighted by Crippen LogP contribution is -2.46. The van der Waals surface area contributed by atoms with Crippen molar-refractivity contribution < 1.29 is 13.2 Å². The Morgan fingerprint density at radius 3 is 2.53 bits per heavy atom. The van der Waals surface area contributed by atoms with Gasteiger partial charge in [-0.2, -0.15) is 0 Å². The number of hydrogen-bond donors (Lipinski definition) is 1. The summed E-state index contributed by atoms with van der Waals surface area (Å²) in [5.41, 5.74) is 0. The van der Waals surface area contributed by atoms with Gasteiger partial charge in [-0.05, 0) is 25.7 Å². The molecule has 2 rings (SSSR count). The summed E-state index contributed by atoms with van der Waals surface area (Å²) in [7, 11) is -2.92. The van der Waals surface area contributed by atoms with Crippen LogP contribution in [-0.4, -0.2) is 49.5 Å². The van der Waals surface area contributed by atoms with E-state index in [1.54, 1.807) is 0 Å². The molecular weight excluding hydrogens is 240 g/mol. The summed E-state index contributed by atoms with van der Waals surface area (Å²) in [5, 5.41) is 2.85. The topological polar surface area (TPSA) is 66.5 Å². The Balaban J connectivity index is 1.87. The summed E-state index contributed by atoms with van der Waals surface area (Å²) in [6.07, 6.45) is 3.65. The van der Waals surface area contributed by atoms with Gasteiger partial charge in [0, 0.05) is 18.6 Å². The first-order valence-electron chi connectivity index (χ1n) is 6.29. The van der Waals surface area contributed by atoms with E-state index in [0.717, 1.165) is 25.8 Å². The van der Waals surface area contributed by atoms with E-state index in [1.807, 2.05) is 11.8 Å². The number of urea groups is 1. The highest BCUT2D eigenvalue weighted by Gasteiger charge is 2.35. The summed E-state index contributed by atoms with van der Waals surface area (Å²) in [4.78, 5) is 13.9. The first-order chi connectivity index (χ1) is 8.02. The minimum atomic E-state index is -2.92. The first kappa shape index (κ1) is 12.7. The lowest BCUT2D eigenvalue weighted by Gasteiger charge is -2.24. The van der Waals surface area contributed by atoms with Gasteiger partial charge in [0.15, 0.2) is 9.84 Å². The average molecular weight is 260 g/mol. The molecule has 2 aliphatic rings. The third kappa shape index (κ3) is 3.34. The van der Waals surface area contributed by atoms with E-state index in [9.17, 15) is 13.2 Å². The van der Waals surface area contributed by atoms with E-state index in [-0.39, 0.29) is 23.6 Å². The molecule has 1 saturated heterocycles. The Morgan fingerprint density at radius 1 is 1.35 bits per heavy atom. The highest BCUT2D eigenvalue weighted by atomic mass is 32.2. The second kappa shape index (κ2) is 4.84. The van der Waals surface area contributed by atoms with E-state index in [0.29, 0.717) is 12.5 Å². The fourth-order valence-electron chi connectivity index (χ4n) is 2.24. The third-order valence-electron chi connectivity index (χ3n) is 3.27. The molecular formula is C11H20N2O3S. The van der Waals surface area contributed by atoms with Gasteiger partial charge in [0.2, 0.25) is 0 Å². The Morgan fingerprint density at radius 2 is 2.06 bits per heavy atom. The standard InChI is InChI=1S/C11H20N2O3S/c1-2-6-13(10-3-4-10)11(14)12-9-5-7-17(15,16)8-9/h9-10H,2-8H2,1H3,(H,12,14). The van der Waals surface area contributed by atoms with Crippen LogP contribution < -0.4 is 5.32 Å². The molecule has 1 aliphatic heterocycles. The van der Waals surface area contributed by atoms with Crippen LogP contribution in [-0.2, 0) is 9.84 Å². The van der Waals surface area contributed by atoms with Crippen molar-refractivity contribution in [1.82, 2.24) is 10.2 Å². The Kier molecular flexibility index (Phi) is 3.61. The Bertz CT molecular complexity index is 390. The molecule has 1 N–H and O–H groups in total. The number of carbonyl (C=O) groups is 1. The zero-order valence-electron chi connectivity index (χ0n) is 10.2. The summed E-state index contributed by atoms with van der Waals surface area (Å²) in [5.74, 6) is 0.304. The molecule has 5 nitrogen and oxygen atoms in total. The van der Waals surface area contributed by atoms with Gasteiger partial charge in [-0.15, -0.1) is 0 Å². The van der Waals surface area contributed by atoms with Crippen molar-refractivity contribution in [2.75, 3.05) is 18.1 Å². The van der Waals surface area contributed by atoms with Crippen molar-refractivity contribution in [3.63, 3.8) is 0 Å². The number of carbonyl (C=O) groups excluding carboxylic acids is 1. The molecule has 1 atom stereocenters. The maximum absolute atomic E-state index is 12.0. The Labute approximate surface area is 102 Å². The van der Waals surface area contributed by atoms with Crippen LogP contribution in [0.25, 0.3) is 0 Å². The molecule has 0 bridgehead atoms. The zero-order chi connectivity index (χ0) is 12.5. The van der Waals surface area contributed by atoms with Crippen molar-refractivity contribution in [3.05, 3.63) is 0 Å². The van der Waals surface area contributed by atoms with E-state index in [4.69, 9.17) is 0 Å². The minimum absolute atomic E-state index is 0.0866. The van der Waals surface area contributed by atoms with Gasteiger partial charge in [0.25, 0.3) is 0 Å². The van der Waals surface area contributed by atoms with Crippen LogP contribution in [0.15, 0.2) is 0 Å². The molecule has 2 amide bonds. The van der Waals surface area contributed by atoms with Gasteiger partial charge < -0.3 is 10.2 Å². The maximum Gasteiger partial charge on any atom is 0.317 e. The molecule has 0 aromatic carbocycles. The fraction of sp³-hybridized carbons (Fsp3) is 0.909. The largest absolute Gasteiger partial charge is 0.334 e. The molecule has 0 aromatic heterocycles. The summed E-state index contributed by atoms with van der Waals surface area (Å²) in [6, 6.07) is 0.106. The molecule has 1 aliphatic carbocycles. The first-order valence-corrected chi connectivity index (χ1v) is 8.11. The van der Waals surface area contributed by atoms with Crippen LogP contribution in [0, 0.1) is 0 Å². The second-order valence-electron chi connectivity index (χ2n) is 4.97. The van der Waals surface area contributed by atoms with Gasteiger partial charge in [-0.25, -0.2) is 13.2 Å². The monoisotopic (exact) mass is 260 g/mol. The molecule has 0 spiro atoms. The van der Waals surface area contributed by atoms with E-state index < -0.39 is 9.84 Å². The van der Waals surface area contributed by atoms with E-state index in [2.05, 4.69) is 5.32 Å². The van der Waals surface area contributed by atoms with Crippen LogP contribution in [0.4, 0.5) is 4.79 Å². The number of rotatable bonds is 4. The third-order valence-corrected chi connectivity index (χ3v) is 5.04. The average Bonchev–Trinajstić information content (AvgIpc) is 3.01. The molecule has 1 saturated carbocycles. The second-order valence-corrected chi connectivity index (χ2v) is 7.20. The van der Waals surface area contributed by atoms with Crippen molar-refractivity contribution in [1.29, 1.82) is 0 Å². The smallest absolute Gasteiger partial charge is 0.317 e. The summed E-state index contributed by atoms with van der Waals surface area (Å²) in [6.45, 7) is 2.80. The van der Waals surface area contributed by atoms with E-state index >= 15 is 0 Å². The lowest BCUT2D eigenvalue weighted by molar-refractivity contribution is 0.191. The van der Waals surface area contributed by atoms with Gasteiger partial charge in [0.05, 0.1) is 11.5 Å². The van der Waals surface area contributed by atoms with Crippen molar-refractivity contribution >= 4 is 15.9 Å². The number of nitrogens with zero attached hydrogens (tertiary/aromatic N) is 1. The molecule has 98 valence electrons. The van der Waals surface area contributed by atoms with Gasteiger partial charge in [-0.3, -0.25) is 0 Å². The molecule has 2 fully saturated rings. The molecule has 6 heteroatoms. The fourth-order valence-corrected chi connectivity index (χ4v) is 3.92. The van der Waals surface area contributed by atoms with Gasteiger partial charge in [0.1, 0.15) is 0 Å². The van der Waals surface area contributed by atoms with Crippen LogP contribution in [0.2, 0.25) is 0 Å². The van der Waals surface area contributed by atoms with Crippen molar-refractivity contribution in [2.45, 2.75) is 44.7 Å². The van der Waals surface area contributed by atoms with Crippen LogP contribution >= 0.6 is 0 Å². The quantitative estimate of drug-likeness (QED) is 0.811. The van der Waals surface area contributed by atoms with Crippen molar-refractivity contribution in [3.8, 4) is 0 Å². The minimum Gasteiger partial charge on any atom is -0.334 e. The van der Waals surface area contributed by atoms with Crippen molar-refractivity contribution in [2.24, 2.45) is 0 Å². The predicted molar refractivity (Wildman–Crippen MR) is 65.6 cm³/mol. The number of hydrogen-bond acceptors (Lipinski definition) is 3. The number of nitrogens with one attached hydrogen (secondary N) is 1. The SMILES string of the molecule is CCCN(C(=O)NC1CCS(=O)(=O)C1)C1CC1. The Hall–Kier alpha value is -0.780. The molecule has 1 heterocycles. The van der Waals surface area contributed by atoms with Gasteiger partial charge >= 0.3 is 6.03 Å². The highest BCUT2D eigenvalue weighted by molar-refractivity contribution is 7.91. The summed E-state index contributed by atoms with van der Waals surface area (Å²) >= 11 is 0. The molecule has 17 heavy (non-hydrogen) atoms. The zero-order valence-corrected chi connectivity index (χ0v) is 11.0. The predicted octanol–water partition coefficient (Wildman–Crippen LogP) is 0.758. The number of amides is 2.